The van der Waals surface area contributed by atoms with Crippen molar-refractivity contribution in [1.29, 1.82) is 0 Å². The van der Waals surface area contributed by atoms with E-state index in [-0.39, 0.29) is 17.5 Å². The second-order valence-electron chi connectivity index (χ2n) is 17.7. The molecule has 2 saturated carbocycles. The summed E-state index contributed by atoms with van der Waals surface area (Å²) in [6.45, 7) is 0.0851. The van der Waals surface area contributed by atoms with Crippen molar-refractivity contribution < 1.29 is 0 Å². The van der Waals surface area contributed by atoms with Crippen LogP contribution in [-0.2, 0) is 10.8 Å². The number of anilines is 6. The lowest BCUT2D eigenvalue weighted by Crippen LogP contribution is -2.61. The predicted molar refractivity (Wildman–Crippen MR) is 239 cm³/mol. The molecule has 7 aromatic carbocycles. The molecule has 0 aromatic heterocycles. The van der Waals surface area contributed by atoms with Crippen molar-refractivity contribution in [3.8, 4) is 22.3 Å². The number of fused-ring (bicyclic) bond motifs is 15. The predicted octanol–water partition coefficient (Wildman–Crippen LogP) is 12.2. The van der Waals surface area contributed by atoms with Crippen LogP contribution < -0.4 is 26.2 Å². The summed E-state index contributed by atoms with van der Waals surface area (Å²) < 4.78 is 0. The molecule has 57 heavy (non-hydrogen) atoms. The second-order valence-corrected chi connectivity index (χ2v) is 17.7. The fourth-order valence-electron chi connectivity index (χ4n) is 13.0. The number of rotatable bonds is 2. The highest BCUT2D eigenvalue weighted by Crippen LogP contribution is 2.62. The number of hydrogen-bond donors (Lipinski definition) is 0. The van der Waals surface area contributed by atoms with Crippen LogP contribution in [-0.4, -0.2) is 6.71 Å². The maximum absolute atomic E-state index is 2.71. The van der Waals surface area contributed by atoms with Gasteiger partial charge in [-0.1, -0.05) is 148 Å². The number of hydrogen-bond acceptors (Lipinski definition) is 2. The van der Waals surface area contributed by atoms with Crippen molar-refractivity contribution in [2.24, 2.45) is 0 Å². The Morgan fingerprint density at radius 1 is 0.386 bits per heavy atom. The zero-order valence-electron chi connectivity index (χ0n) is 32.5. The highest BCUT2D eigenvalue weighted by molar-refractivity contribution is 7.00. The van der Waals surface area contributed by atoms with E-state index in [0.717, 1.165) is 0 Å². The third-order valence-electron chi connectivity index (χ3n) is 15.2. The van der Waals surface area contributed by atoms with Crippen LogP contribution in [0.3, 0.4) is 0 Å². The fraction of sp³-hybridized carbons (Fsp3) is 0.222. The minimum absolute atomic E-state index is 0.0128. The lowest BCUT2D eigenvalue weighted by atomic mass is 9.33. The normalized spacial score (nSPS) is 18.4. The summed E-state index contributed by atoms with van der Waals surface area (Å²) in [6.07, 6.45) is 12.7. The monoisotopic (exact) mass is 732 g/mol. The molecule has 13 rings (SSSR count). The maximum atomic E-state index is 2.71. The Balaban J connectivity index is 1.20. The largest absolute Gasteiger partial charge is 0.311 e. The molecule has 2 aliphatic heterocycles. The molecule has 0 atom stereocenters. The van der Waals surface area contributed by atoms with Gasteiger partial charge in [-0.3, -0.25) is 0 Å². The van der Waals surface area contributed by atoms with Crippen LogP contribution in [0.25, 0.3) is 22.3 Å². The molecule has 7 aromatic rings. The zero-order chi connectivity index (χ0) is 37.3. The van der Waals surface area contributed by atoms with Crippen LogP contribution in [0.15, 0.2) is 152 Å². The molecule has 2 fully saturated rings. The standard InChI is InChI=1S/C54H45BN2/c1-5-19-36(20-6-1)56-48-34-43-40(38-23-9-11-25-41(38)53(43)29-15-3-16-30-53)33-46(48)55-45-27-13-14-28-47(45)57(37-21-7-2-8-22-37)52-50-39-24-10-12-26-42(39)54(31-17-4-18-32-54)44(50)35-49(56)51(52)55/h1-2,5-14,19-28,33-35H,3-4,15-18,29-32H2. The molecule has 274 valence electrons. The van der Waals surface area contributed by atoms with E-state index in [9.17, 15) is 0 Å². The summed E-state index contributed by atoms with van der Waals surface area (Å²) in [4.78, 5) is 5.34. The van der Waals surface area contributed by atoms with Gasteiger partial charge in [-0.05, 0) is 123 Å². The Morgan fingerprint density at radius 2 is 0.930 bits per heavy atom. The molecule has 0 unspecified atom stereocenters. The molecule has 0 bridgehead atoms. The molecule has 0 N–H and O–H groups in total. The first kappa shape index (κ1) is 32.3. The average molecular weight is 733 g/mol. The van der Waals surface area contributed by atoms with Gasteiger partial charge in [0.15, 0.2) is 0 Å². The van der Waals surface area contributed by atoms with Gasteiger partial charge in [-0.25, -0.2) is 0 Å². The molecule has 0 radical (unpaired) electrons. The maximum Gasteiger partial charge on any atom is 0.252 e. The van der Waals surface area contributed by atoms with Crippen LogP contribution in [0.5, 0.6) is 0 Å². The topological polar surface area (TPSA) is 6.48 Å². The summed E-state index contributed by atoms with van der Waals surface area (Å²) >= 11 is 0. The summed E-state index contributed by atoms with van der Waals surface area (Å²) in [6, 6.07) is 58.9. The average Bonchev–Trinajstić information content (AvgIpc) is 3.69. The Hall–Kier alpha value is -5.80. The van der Waals surface area contributed by atoms with Gasteiger partial charge in [0.2, 0.25) is 0 Å². The Morgan fingerprint density at radius 3 is 1.63 bits per heavy atom. The first-order valence-corrected chi connectivity index (χ1v) is 21.7. The van der Waals surface area contributed by atoms with Crippen molar-refractivity contribution in [2.45, 2.75) is 75.0 Å². The van der Waals surface area contributed by atoms with E-state index < -0.39 is 0 Å². The van der Waals surface area contributed by atoms with Gasteiger partial charge in [0.1, 0.15) is 0 Å². The fourth-order valence-corrected chi connectivity index (χ4v) is 13.0. The van der Waals surface area contributed by atoms with Crippen molar-refractivity contribution in [2.75, 3.05) is 9.80 Å². The number of benzene rings is 7. The summed E-state index contributed by atoms with van der Waals surface area (Å²) in [5, 5.41) is 0. The first-order chi connectivity index (χ1) is 28.3. The molecule has 6 aliphatic rings. The first-order valence-electron chi connectivity index (χ1n) is 21.7. The van der Waals surface area contributed by atoms with Crippen LogP contribution in [0, 0.1) is 0 Å². The summed E-state index contributed by atoms with van der Waals surface area (Å²) in [7, 11) is 0. The zero-order valence-corrected chi connectivity index (χ0v) is 32.5. The number of nitrogens with zero attached hydrogens (tertiary/aromatic N) is 2. The van der Waals surface area contributed by atoms with Crippen molar-refractivity contribution in [3.63, 3.8) is 0 Å². The van der Waals surface area contributed by atoms with E-state index in [1.807, 2.05) is 0 Å². The van der Waals surface area contributed by atoms with E-state index in [1.54, 1.807) is 16.7 Å². The van der Waals surface area contributed by atoms with Crippen molar-refractivity contribution in [3.05, 3.63) is 174 Å². The second kappa shape index (κ2) is 11.9. The van der Waals surface area contributed by atoms with Crippen molar-refractivity contribution >= 4 is 57.2 Å². The van der Waals surface area contributed by atoms with Gasteiger partial charge < -0.3 is 9.80 Å². The molecule has 0 saturated heterocycles. The third kappa shape index (κ3) is 4.17. The van der Waals surface area contributed by atoms with Gasteiger partial charge in [-0.15, -0.1) is 0 Å². The summed E-state index contributed by atoms with van der Waals surface area (Å²) in [5.41, 5.74) is 24.2. The van der Waals surface area contributed by atoms with Gasteiger partial charge in [0, 0.05) is 44.8 Å². The minimum atomic E-state index is 0.0128. The lowest BCUT2D eigenvalue weighted by molar-refractivity contribution is 0.353. The minimum Gasteiger partial charge on any atom is -0.311 e. The molecule has 2 heterocycles. The van der Waals surface area contributed by atoms with Gasteiger partial charge >= 0.3 is 0 Å². The lowest BCUT2D eigenvalue weighted by Gasteiger charge is -2.46. The quantitative estimate of drug-likeness (QED) is 0.163. The highest BCUT2D eigenvalue weighted by Gasteiger charge is 2.52. The van der Waals surface area contributed by atoms with Gasteiger partial charge in [0.25, 0.3) is 6.71 Å². The Labute approximate surface area is 336 Å². The molecule has 2 spiro atoms. The van der Waals surface area contributed by atoms with Crippen molar-refractivity contribution in [1.82, 2.24) is 0 Å². The highest BCUT2D eigenvalue weighted by atomic mass is 15.2. The molecular formula is C54H45BN2. The SMILES string of the molecule is c1ccc(N2c3cc4c(cc3B3c5ccccc5N(c5ccccc5)c5c3c2cc2c5-c3ccccc3C23CCCCC3)-c2ccccc2C42CCCCC2)cc1. The van der Waals surface area contributed by atoms with Crippen LogP contribution in [0.2, 0.25) is 0 Å². The van der Waals surface area contributed by atoms with E-state index in [4.69, 9.17) is 0 Å². The van der Waals surface area contributed by atoms with E-state index in [1.165, 1.54) is 143 Å². The summed E-state index contributed by atoms with van der Waals surface area (Å²) in [5.74, 6) is 0. The third-order valence-corrected chi connectivity index (χ3v) is 15.2. The van der Waals surface area contributed by atoms with Crippen LogP contribution in [0.1, 0.15) is 86.5 Å². The van der Waals surface area contributed by atoms with Crippen LogP contribution >= 0.6 is 0 Å². The van der Waals surface area contributed by atoms with E-state index in [0.29, 0.717) is 0 Å². The molecular weight excluding hydrogens is 687 g/mol. The molecule has 0 amide bonds. The van der Waals surface area contributed by atoms with E-state index >= 15 is 0 Å². The smallest absolute Gasteiger partial charge is 0.252 e. The molecule has 2 nitrogen and oxygen atoms in total. The Bertz CT molecular complexity index is 2770. The van der Waals surface area contributed by atoms with Gasteiger partial charge in [-0.2, -0.15) is 0 Å². The van der Waals surface area contributed by atoms with Crippen LogP contribution in [0.4, 0.5) is 34.1 Å². The molecule has 3 heteroatoms. The van der Waals surface area contributed by atoms with E-state index in [2.05, 4.69) is 161 Å². The Kier molecular flexibility index (Phi) is 6.73. The van der Waals surface area contributed by atoms with Gasteiger partial charge in [0.05, 0.1) is 5.69 Å². The molecule has 4 aliphatic carbocycles. The number of para-hydroxylation sites is 3.